The molecule has 0 saturated carbocycles. The molecular formula is C4H11O10P3. The molecule has 1 unspecified atom stereocenters. The van der Waals surface area contributed by atoms with Crippen LogP contribution in [0.25, 0.3) is 0 Å². The summed E-state index contributed by atoms with van der Waals surface area (Å²) in [6.45, 7) is -0.575. The lowest BCUT2D eigenvalue weighted by Crippen LogP contribution is -2.11. The van der Waals surface area contributed by atoms with Crippen LogP contribution in [-0.4, -0.2) is 32.3 Å². The number of phosphoric ester groups is 2. The third-order valence-electron chi connectivity index (χ3n) is 1.35. The second-order valence-electron chi connectivity index (χ2n) is 2.71. The van der Waals surface area contributed by atoms with E-state index < -0.39 is 36.8 Å². The van der Waals surface area contributed by atoms with Crippen LogP contribution in [0.5, 0.6) is 0 Å². The Morgan fingerprint density at radius 2 is 1.94 bits per heavy atom. The minimum Gasteiger partial charge on any atom is -0.324 e. The molecule has 3 atom stereocenters. The summed E-state index contributed by atoms with van der Waals surface area (Å²) in [6.07, 6.45) is 0. The average molecular weight is 312 g/mol. The lowest BCUT2D eigenvalue weighted by molar-refractivity contribution is -0.0108. The van der Waals surface area contributed by atoms with Crippen LogP contribution in [-0.2, 0) is 40.6 Å². The largest absolute Gasteiger partial charge is 0.488 e. The summed E-state index contributed by atoms with van der Waals surface area (Å²) >= 11 is 0. The summed E-state index contributed by atoms with van der Waals surface area (Å²) in [5, 5.41) is 0. The Hall–Kier alpha value is 0.410. The van der Waals surface area contributed by atoms with Gasteiger partial charge in [-0.1, -0.05) is 0 Å². The second kappa shape index (κ2) is 5.59. The first-order valence-corrected chi connectivity index (χ1v) is 8.98. The zero-order chi connectivity index (χ0) is 13.2. The fourth-order valence-corrected chi connectivity index (χ4v) is 3.61. The van der Waals surface area contributed by atoms with Crippen LogP contribution in [0.4, 0.5) is 0 Å². The summed E-state index contributed by atoms with van der Waals surface area (Å²) in [5.41, 5.74) is 0. The molecule has 1 heterocycles. The highest BCUT2D eigenvalue weighted by Gasteiger charge is 2.45. The first-order chi connectivity index (χ1) is 7.68. The molecule has 0 amide bonds. The lowest BCUT2D eigenvalue weighted by Gasteiger charge is -2.26. The van der Waals surface area contributed by atoms with E-state index in [1.165, 1.54) is 0 Å². The molecule has 10 nitrogen and oxygen atoms in total. The Morgan fingerprint density at radius 3 is 2.47 bits per heavy atom. The van der Waals surface area contributed by atoms with Crippen LogP contribution >= 0.6 is 23.2 Å². The molecule has 0 aliphatic carbocycles. The van der Waals surface area contributed by atoms with Crippen molar-refractivity contribution < 1.29 is 45.5 Å². The third-order valence-corrected chi connectivity index (χ3v) is 5.24. The molecular weight excluding hydrogens is 301 g/mol. The molecule has 1 saturated heterocycles. The van der Waals surface area contributed by atoms with E-state index in [4.69, 9.17) is 4.89 Å². The molecule has 13 heteroatoms. The smallest absolute Gasteiger partial charge is 0.324 e. The highest BCUT2D eigenvalue weighted by molar-refractivity contribution is 7.62. The highest BCUT2D eigenvalue weighted by atomic mass is 31.3. The minimum absolute atomic E-state index is 0.634. The van der Waals surface area contributed by atoms with Gasteiger partial charge in [0, 0.05) is 13.8 Å². The Balaban J connectivity index is 2.54. The van der Waals surface area contributed by atoms with E-state index in [9.17, 15) is 13.7 Å². The van der Waals surface area contributed by atoms with Crippen LogP contribution in [0.2, 0.25) is 0 Å². The summed E-state index contributed by atoms with van der Waals surface area (Å²) < 4.78 is 60.2. The fourth-order valence-electron chi connectivity index (χ4n) is 0.655. The summed E-state index contributed by atoms with van der Waals surface area (Å²) in [7, 11) is -11.0. The molecule has 17 heavy (non-hydrogen) atoms. The van der Waals surface area contributed by atoms with Crippen LogP contribution in [0, 0.1) is 0 Å². The molecule has 0 spiro atoms. The monoisotopic (exact) mass is 312 g/mol. The fraction of sp³-hybridized carbons (Fsp3) is 1.00. The molecule has 0 aromatic heterocycles. The average Bonchev–Trinajstić information content (AvgIpc) is 2.15. The Morgan fingerprint density at radius 1 is 1.35 bits per heavy atom. The van der Waals surface area contributed by atoms with Gasteiger partial charge in [-0.15, -0.1) is 0 Å². The van der Waals surface area contributed by atoms with Gasteiger partial charge in [-0.05, 0) is 0 Å². The summed E-state index contributed by atoms with van der Waals surface area (Å²) in [4.78, 5) is 8.76. The van der Waals surface area contributed by atoms with Crippen molar-refractivity contribution in [2.45, 2.75) is 0 Å². The van der Waals surface area contributed by atoms with E-state index in [2.05, 4.69) is 26.9 Å². The molecule has 1 fully saturated rings. The lowest BCUT2D eigenvalue weighted by atomic mass is 11.6. The van der Waals surface area contributed by atoms with Crippen molar-refractivity contribution in [2.75, 3.05) is 27.4 Å². The van der Waals surface area contributed by atoms with Gasteiger partial charge >= 0.3 is 23.2 Å². The van der Waals surface area contributed by atoms with Crippen LogP contribution < -0.4 is 0 Å². The van der Waals surface area contributed by atoms with Crippen LogP contribution in [0.3, 0.4) is 0 Å². The highest BCUT2D eigenvalue weighted by Crippen LogP contribution is 2.69. The molecule has 102 valence electrons. The van der Waals surface area contributed by atoms with Gasteiger partial charge in [0.15, 0.2) is 13.6 Å². The molecule has 1 N–H and O–H groups in total. The van der Waals surface area contributed by atoms with Crippen molar-refractivity contribution in [1.29, 1.82) is 0 Å². The zero-order valence-electron chi connectivity index (χ0n) is 8.88. The minimum atomic E-state index is -4.21. The predicted octanol–water partition coefficient (Wildman–Crippen LogP) is 1.68. The van der Waals surface area contributed by atoms with Gasteiger partial charge < -0.3 is 4.89 Å². The van der Waals surface area contributed by atoms with Gasteiger partial charge in [0.2, 0.25) is 0 Å². The predicted molar refractivity (Wildman–Crippen MR) is 53.1 cm³/mol. The second-order valence-corrected chi connectivity index (χ2v) is 8.16. The van der Waals surface area contributed by atoms with Crippen molar-refractivity contribution in [2.24, 2.45) is 0 Å². The Labute approximate surface area is 96.9 Å². The quantitative estimate of drug-likeness (QED) is 0.591. The maximum absolute atomic E-state index is 11.6. The van der Waals surface area contributed by atoms with E-state index in [1.807, 2.05) is 0 Å². The number of hydrogen-bond acceptors (Lipinski definition) is 9. The maximum Gasteiger partial charge on any atom is 0.488 e. The molecule has 1 aliphatic heterocycles. The molecule has 0 aromatic rings. The van der Waals surface area contributed by atoms with Crippen LogP contribution in [0.15, 0.2) is 0 Å². The SMILES string of the molecule is CO[P@@]1(=O)OCO[P@@](=O)(OCOP(C)(=O)O)O1. The van der Waals surface area contributed by atoms with E-state index in [1.54, 1.807) is 0 Å². The number of rotatable bonds is 5. The topological polar surface area (TPSA) is 127 Å². The van der Waals surface area contributed by atoms with E-state index in [0.717, 1.165) is 13.8 Å². The summed E-state index contributed by atoms with van der Waals surface area (Å²) in [6, 6.07) is 0. The zero-order valence-corrected chi connectivity index (χ0v) is 11.6. The Kier molecular flexibility index (Phi) is 5.08. The van der Waals surface area contributed by atoms with Crippen molar-refractivity contribution in [1.82, 2.24) is 0 Å². The first-order valence-electron chi connectivity index (χ1n) is 4.04. The molecule has 0 radical (unpaired) electrons. The van der Waals surface area contributed by atoms with Crippen molar-refractivity contribution in [3.63, 3.8) is 0 Å². The van der Waals surface area contributed by atoms with Crippen molar-refractivity contribution in [3.05, 3.63) is 0 Å². The first kappa shape index (κ1) is 15.5. The summed E-state index contributed by atoms with van der Waals surface area (Å²) in [5.74, 6) is 0. The molecule has 0 bridgehead atoms. The van der Waals surface area contributed by atoms with Crippen molar-refractivity contribution >= 4 is 23.2 Å². The van der Waals surface area contributed by atoms with Gasteiger partial charge in [-0.2, -0.15) is 4.31 Å². The third kappa shape index (κ3) is 5.28. The molecule has 0 aromatic carbocycles. The standard InChI is InChI=1S/C4H11O10P3/c1-9-16(7)11-4-13-17(8,14-16)12-3-10-15(2,5)6/h3-4H2,1-2H3,(H,5,6)/t16-,17+/m0/s1. The Bertz CT molecular complexity index is 398. The molecule has 1 aliphatic rings. The molecule has 1 rings (SSSR count). The van der Waals surface area contributed by atoms with Gasteiger partial charge in [0.25, 0.3) is 0 Å². The van der Waals surface area contributed by atoms with E-state index >= 15 is 0 Å². The van der Waals surface area contributed by atoms with E-state index in [0.29, 0.717) is 0 Å². The van der Waals surface area contributed by atoms with Gasteiger partial charge in [0.05, 0.1) is 0 Å². The van der Waals surface area contributed by atoms with E-state index in [-0.39, 0.29) is 0 Å². The maximum atomic E-state index is 11.6. The normalized spacial score (nSPS) is 37.6. The van der Waals surface area contributed by atoms with Gasteiger partial charge in [-0.3, -0.25) is 27.2 Å². The van der Waals surface area contributed by atoms with Crippen molar-refractivity contribution in [3.8, 4) is 0 Å². The van der Waals surface area contributed by atoms with Gasteiger partial charge in [0.1, 0.15) is 0 Å². The number of phosphoric acid groups is 2. The van der Waals surface area contributed by atoms with Crippen LogP contribution in [0.1, 0.15) is 0 Å². The van der Waals surface area contributed by atoms with Gasteiger partial charge in [-0.25, -0.2) is 9.13 Å². The number of hydrogen-bond donors (Lipinski definition) is 1.